The summed E-state index contributed by atoms with van der Waals surface area (Å²) in [6, 6.07) is 0. The average molecular weight is 115 g/mol. The van der Waals surface area contributed by atoms with Gasteiger partial charge in [0.1, 0.15) is 0 Å². The van der Waals surface area contributed by atoms with E-state index < -0.39 is 0 Å². The molecule has 0 radical (unpaired) electrons. The first-order chi connectivity index (χ1) is 3.80. The molecule has 8 heavy (non-hydrogen) atoms. The van der Waals surface area contributed by atoms with Crippen LogP contribution in [0.1, 0.15) is 19.8 Å². The molecule has 1 heterocycles. The van der Waals surface area contributed by atoms with Crippen molar-refractivity contribution in [2.24, 2.45) is 0 Å². The lowest BCUT2D eigenvalue weighted by Gasteiger charge is -2.11. The van der Waals surface area contributed by atoms with E-state index in [0.717, 1.165) is 18.6 Å². The lowest BCUT2D eigenvalue weighted by atomic mass is 10.2. The van der Waals surface area contributed by atoms with Gasteiger partial charge in [-0.1, -0.05) is 0 Å². The molecule has 0 atom stereocenters. The summed E-state index contributed by atoms with van der Waals surface area (Å²) in [6.45, 7) is 2.35. The van der Waals surface area contributed by atoms with Gasteiger partial charge in [-0.15, -0.1) is 0 Å². The van der Waals surface area contributed by atoms with Crippen molar-refractivity contribution in [2.75, 3.05) is 6.61 Å². The van der Waals surface area contributed by atoms with Gasteiger partial charge in [-0.25, -0.2) is 0 Å². The zero-order valence-electron chi connectivity index (χ0n) is 4.89. The zero-order valence-corrected chi connectivity index (χ0v) is 4.89. The number of nitrogens with zero attached hydrogens (tertiary/aromatic N) is 1. The van der Waals surface area contributed by atoms with E-state index in [9.17, 15) is 5.21 Å². The Bertz CT molecular complexity index is 106. The van der Waals surface area contributed by atoms with Crippen molar-refractivity contribution < 1.29 is 9.74 Å². The molecule has 1 rings (SSSR count). The van der Waals surface area contributed by atoms with Crippen LogP contribution in [0.15, 0.2) is 0 Å². The number of hydrogen-bond acceptors (Lipinski definition) is 2. The summed E-state index contributed by atoms with van der Waals surface area (Å²) in [6.07, 6.45) is 1.86. The highest BCUT2D eigenvalue weighted by Crippen LogP contribution is 2.00. The monoisotopic (exact) mass is 115 g/mol. The van der Waals surface area contributed by atoms with Crippen LogP contribution < -0.4 is 0 Å². The Morgan fingerprint density at radius 1 is 1.75 bits per heavy atom. The third-order valence-electron chi connectivity index (χ3n) is 1.20. The van der Waals surface area contributed by atoms with Gasteiger partial charge in [0.25, 0.3) is 0 Å². The maximum atomic E-state index is 10.5. The van der Waals surface area contributed by atoms with Crippen LogP contribution in [0.25, 0.3) is 0 Å². The Morgan fingerprint density at radius 3 is 2.88 bits per heavy atom. The minimum atomic E-state index is 0.570. The molecule has 1 aliphatic rings. The SMILES string of the molecule is CC1=[N+]([O-])OCCC1. The van der Waals surface area contributed by atoms with Gasteiger partial charge in [0, 0.05) is 18.2 Å². The largest absolute Gasteiger partial charge is 0.403 e. The van der Waals surface area contributed by atoms with Crippen LogP contribution in [0.4, 0.5) is 0 Å². The van der Waals surface area contributed by atoms with Crippen molar-refractivity contribution in [3.05, 3.63) is 5.21 Å². The summed E-state index contributed by atoms with van der Waals surface area (Å²) in [5, 5.41) is 10.5. The third kappa shape index (κ3) is 0.911. The van der Waals surface area contributed by atoms with E-state index in [2.05, 4.69) is 4.84 Å². The van der Waals surface area contributed by atoms with Crippen LogP contribution in [-0.2, 0) is 4.84 Å². The van der Waals surface area contributed by atoms with E-state index in [-0.39, 0.29) is 0 Å². The molecule has 0 aromatic rings. The lowest BCUT2D eigenvalue weighted by Crippen LogP contribution is -2.20. The van der Waals surface area contributed by atoms with Gasteiger partial charge in [0.05, 0.1) is 6.61 Å². The Hall–Kier alpha value is -0.730. The van der Waals surface area contributed by atoms with Gasteiger partial charge in [-0.2, -0.15) is 0 Å². The summed E-state index contributed by atoms with van der Waals surface area (Å²) >= 11 is 0. The third-order valence-corrected chi connectivity index (χ3v) is 1.20. The van der Waals surface area contributed by atoms with Crippen molar-refractivity contribution >= 4 is 5.71 Å². The first kappa shape index (κ1) is 5.41. The number of hydrogen-bond donors (Lipinski definition) is 0. The molecule has 0 unspecified atom stereocenters. The van der Waals surface area contributed by atoms with E-state index in [4.69, 9.17) is 0 Å². The van der Waals surface area contributed by atoms with Gasteiger partial charge in [0.15, 0.2) is 0 Å². The molecule has 0 saturated heterocycles. The molecule has 3 nitrogen and oxygen atoms in total. The van der Waals surface area contributed by atoms with Crippen LogP contribution in [0, 0.1) is 5.21 Å². The first-order valence-corrected chi connectivity index (χ1v) is 2.73. The molecule has 0 fully saturated rings. The fraction of sp³-hybridized carbons (Fsp3) is 0.800. The lowest BCUT2D eigenvalue weighted by molar-refractivity contribution is -0.746. The first-order valence-electron chi connectivity index (χ1n) is 2.73. The summed E-state index contributed by atoms with van der Waals surface area (Å²) < 4.78 is 0. The molecular weight excluding hydrogens is 106 g/mol. The second-order valence-corrected chi connectivity index (χ2v) is 1.93. The van der Waals surface area contributed by atoms with Crippen LogP contribution in [0.2, 0.25) is 0 Å². The summed E-state index contributed by atoms with van der Waals surface area (Å²) in [5.41, 5.74) is 0.774. The fourth-order valence-corrected chi connectivity index (χ4v) is 0.677. The summed E-state index contributed by atoms with van der Waals surface area (Å²) in [7, 11) is 0. The Kier molecular flexibility index (Phi) is 1.37. The van der Waals surface area contributed by atoms with E-state index in [1.807, 2.05) is 0 Å². The minimum absolute atomic E-state index is 0.570. The van der Waals surface area contributed by atoms with Crippen molar-refractivity contribution in [1.82, 2.24) is 0 Å². The standard InChI is InChI=1S/C5H9NO2/c1-5-3-2-4-8-6(5)7/h2-4H2,1H3. The molecular formula is C5H9NO2. The normalized spacial score (nSPS) is 20.6. The molecule has 0 aromatic carbocycles. The molecule has 0 aromatic heterocycles. The van der Waals surface area contributed by atoms with Gasteiger partial charge in [-0.05, 0) is 6.42 Å². The molecule has 0 amide bonds. The van der Waals surface area contributed by atoms with Crippen molar-refractivity contribution in [3.8, 4) is 0 Å². The maximum Gasteiger partial charge on any atom is 0.218 e. The highest BCUT2D eigenvalue weighted by atomic mass is 16.9. The van der Waals surface area contributed by atoms with E-state index in [0.29, 0.717) is 11.5 Å². The number of rotatable bonds is 0. The molecule has 0 aliphatic carbocycles. The molecule has 0 saturated carbocycles. The molecule has 0 spiro atoms. The van der Waals surface area contributed by atoms with Gasteiger partial charge in [0.2, 0.25) is 5.71 Å². The van der Waals surface area contributed by atoms with Crippen LogP contribution in [-0.4, -0.2) is 17.2 Å². The second kappa shape index (κ2) is 2.03. The van der Waals surface area contributed by atoms with E-state index in [1.54, 1.807) is 6.92 Å². The predicted molar refractivity (Wildman–Crippen MR) is 29.5 cm³/mol. The summed E-state index contributed by atoms with van der Waals surface area (Å²) in [5.74, 6) is 0. The Labute approximate surface area is 48.1 Å². The second-order valence-electron chi connectivity index (χ2n) is 1.93. The topological polar surface area (TPSA) is 35.3 Å². The van der Waals surface area contributed by atoms with Gasteiger partial charge >= 0.3 is 0 Å². The molecule has 1 aliphatic heterocycles. The zero-order chi connectivity index (χ0) is 5.98. The Morgan fingerprint density at radius 2 is 2.50 bits per heavy atom. The average Bonchev–Trinajstić information content (AvgIpc) is 1.77. The Balaban J connectivity index is 2.60. The van der Waals surface area contributed by atoms with Crippen molar-refractivity contribution in [1.29, 1.82) is 0 Å². The molecule has 3 heteroatoms. The van der Waals surface area contributed by atoms with E-state index in [1.165, 1.54) is 0 Å². The summed E-state index contributed by atoms with van der Waals surface area (Å²) in [4.78, 5) is 5.23. The van der Waals surface area contributed by atoms with Crippen LogP contribution in [0.5, 0.6) is 0 Å². The highest BCUT2D eigenvalue weighted by molar-refractivity contribution is 5.76. The highest BCUT2D eigenvalue weighted by Gasteiger charge is 2.09. The minimum Gasteiger partial charge on any atom is -0.403 e. The maximum absolute atomic E-state index is 10.5. The van der Waals surface area contributed by atoms with E-state index >= 15 is 0 Å². The van der Waals surface area contributed by atoms with Gasteiger partial charge < -0.3 is 4.84 Å². The smallest absolute Gasteiger partial charge is 0.218 e. The molecule has 0 bridgehead atoms. The van der Waals surface area contributed by atoms with Crippen LogP contribution in [0.3, 0.4) is 0 Å². The molecule has 46 valence electrons. The van der Waals surface area contributed by atoms with Crippen molar-refractivity contribution in [2.45, 2.75) is 19.8 Å². The molecule has 0 N–H and O–H groups in total. The quantitative estimate of drug-likeness (QED) is 0.435. The fourth-order valence-electron chi connectivity index (χ4n) is 0.677. The van der Waals surface area contributed by atoms with Crippen LogP contribution >= 0.6 is 0 Å². The van der Waals surface area contributed by atoms with Crippen molar-refractivity contribution in [3.63, 3.8) is 0 Å². The van der Waals surface area contributed by atoms with Gasteiger partial charge in [-0.3, -0.25) is 5.21 Å². The predicted octanol–water partition coefficient (Wildman–Crippen LogP) is 0.683.